The molecule has 0 saturated carbocycles. The molecule has 2 amide bonds. The monoisotopic (exact) mass is 462 g/mol. The third kappa shape index (κ3) is 4.42. The fourth-order valence-corrected chi connectivity index (χ4v) is 3.80. The molecule has 0 spiro atoms. The second-order valence-corrected chi connectivity index (χ2v) is 7.96. The van der Waals surface area contributed by atoms with E-state index < -0.39 is 11.8 Å². The van der Waals surface area contributed by atoms with Gasteiger partial charge in [-0.3, -0.25) is 19.8 Å². The number of hydrogen-bond acceptors (Lipinski definition) is 4. The lowest BCUT2D eigenvalue weighted by Gasteiger charge is -2.28. The van der Waals surface area contributed by atoms with E-state index in [0.29, 0.717) is 22.9 Å². The molecular weight excluding hydrogens is 444 g/mol. The van der Waals surface area contributed by atoms with E-state index in [1.54, 1.807) is 24.3 Å². The van der Waals surface area contributed by atoms with Gasteiger partial charge in [0.2, 0.25) is 0 Å². The molecule has 0 atom stereocenters. The molecule has 160 valence electrons. The molecule has 0 unspecified atom stereocenters. The average molecular weight is 463 g/mol. The zero-order chi connectivity index (χ0) is 22.7. The van der Waals surface area contributed by atoms with Crippen LogP contribution in [0.3, 0.4) is 0 Å². The Labute approximate surface area is 195 Å². The molecule has 3 aromatic rings. The van der Waals surface area contributed by atoms with Crippen molar-refractivity contribution in [2.75, 3.05) is 6.54 Å². The number of nitrogens with one attached hydrogen (secondary N) is 1. The maximum absolute atomic E-state index is 13.0. The van der Waals surface area contributed by atoms with E-state index in [9.17, 15) is 9.59 Å². The summed E-state index contributed by atoms with van der Waals surface area (Å²) in [6.45, 7) is 4.15. The minimum Gasteiger partial charge on any atom is -0.488 e. The smallest absolute Gasteiger partial charge is 0.265 e. The van der Waals surface area contributed by atoms with Crippen molar-refractivity contribution in [2.45, 2.75) is 6.61 Å². The molecule has 1 saturated heterocycles. The van der Waals surface area contributed by atoms with Crippen LogP contribution in [0, 0.1) is 0 Å². The molecule has 0 aliphatic carbocycles. The molecule has 7 heteroatoms. The lowest BCUT2D eigenvalue weighted by Crippen LogP contribution is -2.53. The van der Waals surface area contributed by atoms with Gasteiger partial charge in [0, 0.05) is 17.1 Å². The average Bonchev–Trinajstić information content (AvgIpc) is 2.79. The second-order valence-electron chi connectivity index (χ2n) is 7.14. The van der Waals surface area contributed by atoms with Gasteiger partial charge in [-0.05, 0) is 52.8 Å². The largest absolute Gasteiger partial charge is 0.488 e. The minimum absolute atomic E-state index is 0.0202. The number of halogens is 1. The van der Waals surface area contributed by atoms with Crippen molar-refractivity contribution in [2.24, 2.45) is 0 Å². The minimum atomic E-state index is -0.545. The van der Waals surface area contributed by atoms with Crippen LogP contribution in [0.2, 0.25) is 5.02 Å². The van der Waals surface area contributed by atoms with E-state index in [4.69, 9.17) is 28.6 Å². The predicted molar refractivity (Wildman–Crippen MR) is 130 cm³/mol. The first-order valence-corrected chi connectivity index (χ1v) is 10.7. The molecule has 1 aliphatic heterocycles. The van der Waals surface area contributed by atoms with Crippen molar-refractivity contribution < 1.29 is 14.3 Å². The molecule has 1 fully saturated rings. The van der Waals surface area contributed by atoms with Gasteiger partial charge in [0.1, 0.15) is 17.9 Å². The Morgan fingerprint density at radius 2 is 1.81 bits per heavy atom. The number of fused-ring (bicyclic) bond motifs is 1. The molecular formula is C25H19ClN2O3S. The summed E-state index contributed by atoms with van der Waals surface area (Å²) < 4.78 is 6.09. The van der Waals surface area contributed by atoms with Gasteiger partial charge < -0.3 is 4.74 Å². The van der Waals surface area contributed by atoms with E-state index in [0.717, 1.165) is 16.3 Å². The number of carbonyl (C=O) groups excluding carboxylic acids is 2. The van der Waals surface area contributed by atoms with Gasteiger partial charge in [-0.25, -0.2) is 0 Å². The van der Waals surface area contributed by atoms with E-state index in [1.807, 2.05) is 48.5 Å². The maximum atomic E-state index is 13.0. The van der Waals surface area contributed by atoms with Gasteiger partial charge in [-0.2, -0.15) is 0 Å². The normalized spacial score (nSPS) is 15.2. The highest BCUT2D eigenvalue weighted by atomic mass is 35.5. The number of rotatable bonds is 6. The van der Waals surface area contributed by atoms with Crippen LogP contribution in [0.15, 0.2) is 78.9 Å². The molecule has 0 aromatic heterocycles. The summed E-state index contributed by atoms with van der Waals surface area (Å²) in [7, 11) is 0. The topological polar surface area (TPSA) is 58.6 Å². The van der Waals surface area contributed by atoms with Gasteiger partial charge >= 0.3 is 0 Å². The summed E-state index contributed by atoms with van der Waals surface area (Å²) in [6.07, 6.45) is 3.12. The summed E-state index contributed by atoms with van der Waals surface area (Å²) in [5.41, 5.74) is 1.56. The van der Waals surface area contributed by atoms with E-state index >= 15 is 0 Å². The Kier molecular flexibility index (Phi) is 6.35. The molecule has 32 heavy (non-hydrogen) atoms. The lowest BCUT2D eigenvalue weighted by atomic mass is 10.00. The van der Waals surface area contributed by atoms with Gasteiger partial charge in [0.05, 0.1) is 0 Å². The zero-order valence-corrected chi connectivity index (χ0v) is 18.6. The van der Waals surface area contributed by atoms with Crippen LogP contribution in [0.25, 0.3) is 16.8 Å². The molecule has 1 N–H and O–H groups in total. The van der Waals surface area contributed by atoms with Crippen LogP contribution < -0.4 is 10.1 Å². The first-order valence-electron chi connectivity index (χ1n) is 9.86. The van der Waals surface area contributed by atoms with Crippen LogP contribution in [-0.4, -0.2) is 28.4 Å². The number of carbonyl (C=O) groups is 2. The third-order valence-corrected chi connectivity index (χ3v) is 5.60. The molecule has 3 aromatic carbocycles. The number of amides is 2. The Bertz CT molecular complexity index is 1270. The fourth-order valence-electron chi connectivity index (χ4n) is 3.43. The highest BCUT2D eigenvalue weighted by molar-refractivity contribution is 7.80. The quantitative estimate of drug-likeness (QED) is 0.245. The molecule has 1 heterocycles. The zero-order valence-electron chi connectivity index (χ0n) is 17.0. The van der Waals surface area contributed by atoms with Gasteiger partial charge in [-0.1, -0.05) is 60.1 Å². The van der Waals surface area contributed by atoms with Crippen molar-refractivity contribution in [3.05, 3.63) is 95.0 Å². The Morgan fingerprint density at radius 1 is 1.06 bits per heavy atom. The molecule has 4 rings (SSSR count). The van der Waals surface area contributed by atoms with E-state index in [1.165, 1.54) is 4.90 Å². The Balaban J connectivity index is 1.77. The van der Waals surface area contributed by atoms with Crippen molar-refractivity contribution >= 4 is 57.6 Å². The van der Waals surface area contributed by atoms with Crippen LogP contribution in [0.4, 0.5) is 0 Å². The van der Waals surface area contributed by atoms with Gasteiger partial charge in [-0.15, -0.1) is 6.58 Å². The van der Waals surface area contributed by atoms with Crippen molar-refractivity contribution in [3.8, 4) is 5.75 Å². The predicted octanol–water partition coefficient (Wildman–Crippen LogP) is 4.88. The standard InChI is InChI=1S/C25H19ClN2O3S/c1-2-13-28-24(30)21(23(29)27-25(28)32)14-20-19-6-4-3-5-17(19)9-12-22(20)31-15-16-7-10-18(26)11-8-16/h2-12,14H,1,13,15H2,(H,27,29,32)/b21-14+. The van der Waals surface area contributed by atoms with Crippen LogP contribution in [0.5, 0.6) is 5.75 Å². The highest BCUT2D eigenvalue weighted by Crippen LogP contribution is 2.32. The fraction of sp³-hybridized carbons (Fsp3) is 0.0800. The first-order chi connectivity index (χ1) is 15.5. The van der Waals surface area contributed by atoms with E-state index in [-0.39, 0.29) is 17.2 Å². The summed E-state index contributed by atoms with van der Waals surface area (Å²) in [6, 6.07) is 18.8. The van der Waals surface area contributed by atoms with Crippen LogP contribution in [-0.2, 0) is 16.2 Å². The van der Waals surface area contributed by atoms with E-state index in [2.05, 4.69) is 11.9 Å². The number of nitrogens with zero attached hydrogens (tertiary/aromatic N) is 1. The van der Waals surface area contributed by atoms with Crippen LogP contribution >= 0.6 is 23.8 Å². The SMILES string of the molecule is C=CCN1C(=O)/C(=C/c2c(OCc3ccc(Cl)cc3)ccc3ccccc23)C(=O)NC1=S. The Morgan fingerprint density at radius 3 is 2.56 bits per heavy atom. The van der Waals surface area contributed by atoms with Crippen molar-refractivity contribution in [3.63, 3.8) is 0 Å². The summed E-state index contributed by atoms with van der Waals surface area (Å²) in [5, 5.41) is 5.10. The van der Waals surface area contributed by atoms with Gasteiger partial charge in [0.15, 0.2) is 5.11 Å². The Hall–Kier alpha value is -3.48. The van der Waals surface area contributed by atoms with Crippen molar-refractivity contribution in [1.82, 2.24) is 10.2 Å². The third-order valence-electron chi connectivity index (χ3n) is 5.02. The van der Waals surface area contributed by atoms with Crippen molar-refractivity contribution in [1.29, 1.82) is 0 Å². The summed E-state index contributed by atoms with van der Waals surface area (Å²) in [4.78, 5) is 26.9. The molecule has 0 radical (unpaired) electrons. The number of hydrogen-bond donors (Lipinski definition) is 1. The second kappa shape index (κ2) is 9.34. The maximum Gasteiger partial charge on any atom is 0.265 e. The lowest BCUT2D eigenvalue weighted by molar-refractivity contribution is -0.128. The number of thiocarbonyl (C=S) groups is 1. The highest BCUT2D eigenvalue weighted by Gasteiger charge is 2.33. The first kappa shape index (κ1) is 21.7. The van der Waals surface area contributed by atoms with Crippen LogP contribution in [0.1, 0.15) is 11.1 Å². The number of ether oxygens (including phenoxy) is 1. The van der Waals surface area contributed by atoms with Gasteiger partial charge in [0.25, 0.3) is 11.8 Å². The summed E-state index contributed by atoms with van der Waals surface area (Å²) >= 11 is 11.1. The molecule has 1 aliphatic rings. The molecule has 0 bridgehead atoms. The molecule has 5 nitrogen and oxygen atoms in total. The number of benzene rings is 3. The summed E-state index contributed by atoms with van der Waals surface area (Å²) in [5.74, 6) is -0.470.